The van der Waals surface area contributed by atoms with Gasteiger partial charge in [-0.1, -0.05) is 19.3 Å². The molecular formula is C11H20O2. The van der Waals surface area contributed by atoms with Crippen molar-refractivity contribution in [1.29, 1.82) is 0 Å². The molecule has 2 heteroatoms. The third kappa shape index (κ3) is 2.44. The molecule has 0 unspecified atom stereocenters. The average molecular weight is 184 g/mol. The molecule has 2 atom stereocenters. The van der Waals surface area contributed by atoms with E-state index in [4.69, 9.17) is 4.74 Å². The smallest absolute Gasteiger partial charge is 0.0627 e. The second-order valence-corrected chi connectivity index (χ2v) is 4.49. The molecule has 1 saturated carbocycles. The Balaban J connectivity index is 1.83. The lowest BCUT2D eigenvalue weighted by atomic mass is 9.82. The van der Waals surface area contributed by atoms with Crippen LogP contribution in [0, 0.1) is 5.92 Å². The topological polar surface area (TPSA) is 29.5 Å². The van der Waals surface area contributed by atoms with Gasteiger partial charge in [-0.05, 0) is 31.6 Å². The van der Waals surface area contributed by atoms with Crippen molar-refractivity contribution in [2.75, 3.05) is 6.61 Å². The first-order chi connectivity index (χ1) is 6.36. The number of ether oxygens (including phenoxy) is 1. The van der Waals surface area contributed by atoms with Crippen LogP contribution in [0.15, 0.2) is 0 Å². The Bertz CT molecular complexity index is 152. The quantitative estimate of drug-likeness (QED) is 0.676. The molecule has 2 nitrogen and oxygen atoms in total. The van der Waals surface area contributed by atoms with Gasteiger partial charge in [-0.15, -0.1) is 0 Å². The molecule has 0 aromatic rings. The molecule has 1 aliphatic carbocycles. The molecule has 0 aromatic carbocycles. The van der Waals surface area contributed by atoms with E-state index in [0.29, 0.717) is 6.10 Å². The summed E-state index contributed by atoms with van der Waals surface area (Å²) in [6, 6.07) is 0. The van der Waals surface area contributed by atoms with Crippen molar-refractivity contribution in [3.8, 4) is 0 Å². The van der Waals surface area contributed by atoms with E-state index in [1.54, 1.807) is 0 Å². The summed E-state index contributed by atoms with van der Waals surface area (Å²) in [5, 5.41) is 9.53. The molecule has 2 rings (SSSR count). The summed E-state index contributed by atoms with van der Waals surface area (Å²) in [5.74, 6) is 0.740. The summed E-state index contributed by atoms with van der Waals surface area (Å²) >= 11 is 0. The zero-order valence-electron chi connectivity index (χ0n) is 8.24. The molecule has 1 saturated heterocycles. The van der Waals surface area contributed by atoms with E-state index in [2.05, 4.69) is 0 Å². The summed E-state index contributed by atoms with van der Waals surface area (Å²) in [5.41, 5.74) is 0. The highest BCUT2D eigenvalue weighted by molar-refractivity contribution is 4.79. The molecule has 1 heterocycles. The number of hydrogen-bond donors (Lipinski definition) is 1. The fraction of sp³-hybridized carbons (Fsp3) is 1.00. The van der Waals surface area contributed by atoms with Crippen LogP contribution in [0.3, 0.4) is 0 Å². The minimum absolute atomic E-state index is 0.0966. The molecule has 1 aliphatic heterocycles. The van der Waals surface area contributed by atoms with Gasteiger partial charge in [0.2, 0.25) is 0 Å². The van der Waals surface area contributed by atoms with Crippen molar-refractivity contribution in [2.45, 2.75) is 57.2 Å². The Kier molecular flexibility index (Phi) is 3.23. The Morgan fingerprint density at radius 1 is 1.00 bits per heavy atom. The summed E-state index contributed by atoms with van der Waals surface area (Å²) in [6.07, 6.45) is 8.74. The lowest BCUT2D eigenvalue weighted by Crippen LogP contribution is -2.35. The van der Waals surface area contributed by atoms with E-state index in [-0.39, 0.29) is 6.10 Å². The number of aliphatic hydroxyl groups is 1. The Labute approximate surface area is 80.3 Å². The predicted molar refractivity (Wildman–Crippen MR) is 51.6 cm³/mol. The number of hydrogen-bond acceptors (Lipinski definition) is 2. The van der Waals surface area contributed by atoms with Crippen LogP contribution in [-0.4, -0.2) is 23.9 Å². The predicted octanol–water partition coefficient (Wildman–Crippen LogP) is 2.11. The average Bonchev–Trinajstić information content (AvgIpc) is 2.19. The maximum atomic E-state index is 9.53. The zero-order valence-corrected chi connectivity index (χ0v) is 8.24. The largest absolute Gasteiger partial charge is 0.393 e. The third-order valence-electron chi connectivity index (χ3n) is 3.46. The molecule has 0 bridgehead atoms. The monoisotopic (exact) mass is 184 g/mol. The van der Waals surface area contributed by atoms with Crippen LogP contribution in [0.4, 0.5) is 0 Å². The van der Waals surface area contributed by atoms with E-state index in [9.17, 15) is 5.11 Å². The van der Waals surface area contributed by atoms with Crippen LogP contribution >= 0.6 is 0 Å². The van der Waals surface area contributed by atoms with Crippen LogP contribution in [0.5, 0.6) is 0 Å². The van der Waals surface area contributed by atoms with Gasteiger partial charge < -0.3 is 9.84 Å². The highest BCUT2D eigenvalue weighted by atomic mass is 16.5. The molecule has 13 heavy (non-hydrogen) atoms. The number of aliphatic hydroxyl groups excluding tert-OH is 1. The van der Waals surface area contributed by atoms with E-state index < -0.39 is 0 Å². The van der Waals surface area contributed by atoms with Crippen molar-refractivity contribution >= 4 is 0 Å². The Morgan fingerprint density at radius 2 is 1.77 bits per heavy atom. The van der Waals surface area contributed by atoms with Crippen LogP contribution in [0.25, 0.3) is 0 Å². The SMILES string of the molecule is O[C@@H]1CCO[C@@H](C2CCCCC2)C1. The summed E-state index contributed by atoms with van der Waals surface area (Å²) in [6.45, 7) is 0.766. The first-order valence-corrected chi connectivity index (χ1v) is 5.66. The molecular weight excluding hydrogens is 164 g/mol. The molecule has 2 aliphatic rings. The van der Waals surface area contributed by atoms with Crippen molar-refractivity contribution in [3.63, 3.8) is 0 Å². The fourth-order valence-corrected chi connectivity index (χ4v) is 2.64. The minimum atomic E-state index is -0.0966. The molecule has 0 amide bonds. The summed E-state index contributed by atoms with van der Waals surface area (Å²) < 4.78 is 5.73. The molecule has 1 N–H and O–H groups in total. The molecule has 2 fully saturated rings. The van der Waals surface area contributed by atoms with Gasteiger partial charge in [0.25, 0.3) is 0 Å². The van der Waals surface area contributed by atoms with Gasteiger partial charge in [0.05, 0.1) is 12.2 Å². The van der Waals surface area contributed by atoms with Gasteiger partial charge in [0.15, 0.2) is 0 Å². The van der Waals surface area contributed by atoms with Gasteiger partial charge in [0.1, 0.15) is 0 Å². The van der Waals surface area contributed by atoms with E-state index in [1.165, 1.54) is 32.1 Å². The fourth-order valence-electron chi connectivity index (χ4n) is 2.64. The highest BCUT2D eigenvalue weighted by Crippen LogP contribution is 2.32. The number of rotatable bonds is 1. The van der Waals surface area contributed by atoms with Crippen LogP contribution in [0.1, 0.15) is 44.9 Å². The van der Waals surface area contributed by atoms with Gasteiger partial charge in [-0.2, -0.15) is 0 Å². The van der Waals surface area contributed by atoms with Gasteiger partial charge >= 0.3 is 0 Å². The van der Waals surface area contributed by atoms with E-state index >= 15 is 0 Å². The third-order valence-corrected chi connectivity index (χ3v) is 3.46. The second kappa shape index (κ2) is 4.43. The van der Waals surface area contributed by atoms with Crippen LogP contribution in [-0.2, 0) is 4.74 Å². The lowest BCUT2D eigenvalue weighted by molar-refractivity contribution is -0.0754. The second-order valence-electron chi connectivity index (χ2n) is 4.49. The van der Waals surface area contributed by atoms with Gasteiger partial charge in [-0.25, -0.2) is 0 Å². The molecule has 0 radical (unpaired) electrons. The van der Waals surface area contributed by atoms with Crippen LogP contribution in [0.2, 0.25) is 0 Å². The summed E-state index contributed by atoms with van der Waals surface area (Å²) in [7, 11) is 0. The van der Waals surface area contributed by atoms with E-state index in [0.717, 1.165) is 25.4 Å². The minimum Gasteiger partial charge on any atom is -0.393 e. The Hall–Kier alpha value is -0.0800. The summed E-state index contributed by atoms with van der Waals surface area (Å²) in [4.78, 5) is 0. The first-order valence-electron chi connectivity index (χ1n) is 5.66. The highest BCUT2D eigenvalue weighted by Gasteiger charge is 2.29. The molecule has 76 valence electrons. The van der Waals surface area contributed by atoms with E-state index in [1.807, 2.05) is 0 Å². The molecule has 0 aromatic heterocycles. The van der Waals surface area contributed by atoms with Crippen LogP contribution < -0.4 is 0 Å². The zero-order chi connectivity index (χ0) is 9.10. The van der Waals surface area contributed by atoms with Gasteiger partial charge in [0, 0.05) is 6.61 Å². The normalized spacial score (nSPS) is 37.6. The maximum absolute atomic E-state index is 9.53. The van der Waals surface area contributed by atoms with Gasteiger partial charge in [-0.3, -0.25) is 0 Å². The van der Waals surface area contributed by atoms with Crippen molar-refractivity contribution < 1.29 is 9.84 Å². The van der Waals surface area contributed by atoms with Crippen molar-refractivity contribution in [3.05, 3.63) is 0 Å². The van der Waals surface area contributed by atoms with Crippen molar-refractivity contribution in [2.24, 2.45) is 5.92 Å². The Morgan fingerprint density at radius 3 is 2.46 bits per heavy atom. The van der Waals surface area contributed by atoms with Crippen molar-refractivity contribution in [1.82, 2.24) is 0 Å². The first kappa shape index (κ1) is 9.47. The molecule has 0 spiro atoms. The maximum Gasteiger partial charge on any atom is 0.0627 e. The standard InChI is InChI=1S/C11H20O2/c12-10-6-7-13-11(8-10)9-4-2-1-3-5-9/h9-12H,1-8H2/t10-,11-/m1/s1. The lowest BCUT2D eigenvalue weighted by Gasteiger charge is -2.34.